The van der Waals surface area contributed by atoms with Gasteiger partial charge >= 0.3 is 6.41 Å². The van der Waals surface area contributed by atoms with Crippen LogP contribution in [0.5, 0.6) is 0 Å². The zero-order chi connectivity index (χ0) is 21.2. The molecule has 0 saturated carbocycles. The molecule has 1 amide bonds. The van der Waals surface area contributed by atoms with Gasteiger partial charge in [-0.1, -0.05) is 96.5 Å². The second kappa shape index (κ2) is 16.4. The Balaban J connectivity index is 2.00. The van der Waals surface area contributed by atoms with Crippen LogP contribution in [0.1, 0.15) is 96.8 Å². The van der Waals surface area contributed by atoms with Gasteiger partial charge in [-0.2, -0.15) is 0 Å². The summed E-state index contributed by atoms with van der Waals surface area (Å²) in [5.41, 5.74) is 0.416. The Kier molecular flexibility index (Phi) is 14.5. The maximum atomic E-state index is 12.3. The lowest BCUT2D eigenvalue weighted by Gasteiger charge is -2.08. The van der Waals surface area contributed by atoms with E-state index >= 15 is 0 Å². The highest BCUT2D eigenvalue weighted by atomic mass is 32.2. The number of amides is 1. The van der Waals surface area contributed by atoms with Gasteiger partial charge in [-0.3, -0.25) is 4.79 Å². The molecule has 0 spiro atoms. The van der Waals surface area contributed by atoms with Crippen LogP contribution in [-0.4, -0.2) is 21.4 Å². The predicted molar refractivity (Wildman–Crippen MR) is 121 cm³/mol. The number of benzene rings is 1. The Morgan fingerprint density at radius 1 is 0.793 bits per heavy atom. The van der Waals surface area contributed by atoms with E-state index in [-0.39, 0.29) is 4.90 Å². The minimum Gasteiger partial charge on any atom is -0.318 e. The van der Waals surface area contributed by atoms with Gasteiger partial charge in [-0.05, 0) is 24.6 Å². The Morgan fingerprint density at radius 2 is 1.31 bits per heavy atom. The summed E-state index contributed by atoms with van der Waals surface area (Å²) in [4.78, 5) is 10.5. The fourth-order valence-corrected chi connectivity index (χ4v) is 4.53. The molecule has 1 aromatic rings. The van der Waals surface area contributed by atoms with Crippen molar-refractivity contribution < 1.29 is 13.2 Å². The van der Waals surface area contributed by atoms with Crippen LogP contribution < -0.4 is 10.0 Å². The molecule has 165 valence electrons. The summed E-state index contributed by atoms with van der Waals surface area (Å²) in [7, 11) is -3.54. The van der Waals surface area contributed by atoms with Gasteiger partial charge in [0.2, 0.25) is 10.0 Å². The first-order chi connectivity index (χ1) is 14.1. The summed E-state index contributed by atoms with van der Waals surface area (Å²) in [5, 5.41) is 2.34. The van der Waals surface area contributed by atoms with E-state index in [1.807, 2.05) is 0 Å². The molecular formula is C23H39N2O3S. The fourth-order valence-electron chi connectivity index (χ4n) is 3.41. The Bertz CT molecular complexity index is 647. The lowest BCUT2D eigenvalue weighted by molar-refractivity contribution is 0.533. The van der Waals surface area contributed by atoms with Crippen LogP contribution in [0.2, 0.25) is 0 Å². The van der Waals surface area contributed by atoms with Gasteiger partial charge < -0.3 is 5.32 Å². The molecule has 0 fully saturated rings. The van der Waals surface area contributed by atoms with Gasteiger partial charge in [-0.25, -0.2) is 13.1 Å². The standard InChI is InChI=1S/C23H39N2O3S/c1-2-3-4-5-6-7-8-9-10-11-12-13-14-15-19-25-29(27,28)23-18-16-17-22(20-23)24-21-26/h16-18,20,25H,2-15,19H2,1H3,(H,24,26). The smallest absolute Gasteiger partial charge is 0.314 e. The topological polar surface area (TPSA) is 75.3 Å². The monoisotopic (exact) mass is 423 g/mol. The second-order valence-electron chi connectivity index (χ2n) is 7.75. The van der Waals surface area contributed by atoms with Crippen LogP contribution in [-0.2, 0) is 14.8 Å². The van der Waals surface area contributed by atoms with E-state index in [0.717, 1.165) is 19.3 Å². The third-order valence-corrected chi connectivity index (χ3v) is 6.62. The molecule has 6 heteroatoms. The normalized spacial score (nSPS) is 11.5. The molecule has 1 rings (SSSR count). The van der Waals surface area contributed by atoms with E-state index in [9.17, 15) is 13.2 Å². The molecule has 0 saturated heterocycles. The summed E-state index contributed by atoms with van der Waals surface area (Å²) < 4.78 is 27.2. The third-order valence-electron chi connectivity index (χ3n) is 5.16. The van der Waals surface area contributed by atoms with Crippen molar-refractivity contribution in [1.82, 2.24) is 4.72 Å². The summed E-state index contributed by atoms with van der Waals surface area (Å²) in [6.45, 7) is 2.70. The lowest BCUT2D eigenvalue weighted by Crippen LogP contribution is -2.24. The SMILES string of the molecule is CCCCCCCCCCCCCCCCNS(=O)(=O)c1cccc(N[C]=O)c1. The van der Waals surface area contributed by atoms with Crippen LogP contribution in [0.4, 0.5) is 5.69 Å². The van der Waals surface area contributed by atoms with E-state index in [4.69, 9.17) is 0 Å². The molecular weight excluding hydrogens is 384 g/mol. The first-order valence-corrected chi connectivity index (χ1v) is 12.8. The van der Waals surface area contributed by atoms with Crippen LogP contribution in [0.3, 0.4) is 0 Å². The number of anilines is 1. The van der Waals surface area contributed by atoms with Gasteiger partial charge in [0.15, 0.2) is 0 Å². The average Bonchev–Trinajstić information content (AvgIpc) is 2.71. The van der Waals surface area contributed by atoms with Gasteiger partial charge in [0.1, 0.15) is 0 Å². The zero-order valence-electron chi connectivity index (χ0n) is 18.0. The summed E-state index contributed by atoms with van der Waals surface area (Å²) >= 11 is 0. The molecule has 0 atom stereocenters. The molecule has 1 aromatic carbocycles. The van der Waals surface area contributed by atoms with Gasteiger partial charge in [0, 0.05) is 12.2 Å². The minimum absolute atomic E-state index is 0.156. The maximum Gasteiger partial charge on any atom is 0.314 e. The van der Waals surface area contributed by atoms with Crippen molar-refractivity contribution in [2.75, 3.05) is 11.9 Å². The number of hydrogen-bond acceptors (Lipinski definition) is 3. The molecule has 0 bridgehead atoms. The minimum atomic E-state index is -3.54. The van der Waals surface area contributed by atoms with Crippen molar-refractivity contribution >= 4 is 22.1 Å². The van der Waals surface area contributed by atoms with Gasteiger partial charge in [0.25, 0.3) is 0 Å². The summed E-state index contributed by atoms with van der Waals surface area (Å²) in [6, 6.07) is 6.17. The van der Waals surface area contributed by atoms with E-state index in [2.05, 4.69) is 17.0 Å². The number of unbranched alkanes of at least 4 members (excludes halogenated alkanes) is 13. The number of rotatable bonds is 19. The van der Waals surface area contributed by atoms with Gasteiger partial charge in [-0.15, -0.1) is 0 Å². The Labute approximate surface area is 178 Å². The largest absolute Gasteiger partial charge is 0.318 e. The van der Waals surface area contributed by atoms with Crippen molar-refractivity contribution in [1.29, 1.82) is 0 Å². The molecule has 0 aliphatic heterocycles. The van der Waals surface area contributed by atoms with E-state index in [1.165, 1.54) is 82.8 Å². The van der Waals surface area contributed by atoms with Crippen LogP contribution in [0.15, 0.2) is 29.2 Å². The number of carbonyl (C=O) groups excluding carboxylic acids is 1. The Morgan fingerprint density at radius 3 is 1.83 bits per heavy atom. The molecule has 29 heavy (non-hydrogen) atoms. The highest BCUT2D eigenvalue weighted by Crippen LogP contribution is 2.15. The first kappa shape index (κ1) is 25.6. The fraction of sp³-hybridized carbons (Fsp3) is 0.696. The molecule has 0 heterocycles. The lowest BCUT2D eigenvalue weighted by atomic mass is 10.0. The van der Waals surface area contributed by atoms with Crippen LogP contribution in [0.25, 0.3) is 0 Å². The molecule has 0 unspecified atom stereocenters. The highest BCUT2D eigenvalue weighted by Gasteiger charge is 2.13. The van der Waals surface area contributed by atoms with Crippen LogP contribution >= 0.6 is 0 Å². The Hall–Kier alpha value is -1.40. The van der Waals surface area contributed by atoms with E-state index < -0.39 is 10.0 Å². The predicted octanol–water partition coefficient (Wildman–Crippen LogP) is 5.93. The highest BCUT2D eigenvalue weighted by molar-refractivity contribution is 7.89. The molecule has 2 N–H and O–H groups in total. The van der Waals surface area contributed by atoms with E-state index in [0.29, 0.717) is 12.2 Å². The third kappa shape index (κ3) is 12.7. The number of sulfonamides is 1. The number of hydrogen-bond donors (Lipinski definition) is 2. The molecule has 0 aliphatic rings. The second-order valence-corrected chi connectivity index (χ2v) is 9.52. The zero-order valence-corrected chi connectivity index (χ0v) is 18.9. The van der Waals surface area contributed by atoms with Gasteiger partial charge in [0.05, 0.1) is 4.90 Å². The molecule has 1 radical (unpaired) electrons. The molecule has 0 aliphatic carbocycles. The molecule has 0 aromatic heterocycles. The number of nitrogens with one attached hydrogen (secondary N) is 2. The van der Waals surface area contributed by atoms with E-state index in [1.54, 1.807) is 18.5 Å². The molecule has 5 nitrogen and oxygen atoms in total. The van der Waals surface area contributed by atoms with Crippen LogP contribution in [0, 0.1) is 0 Å². The maximum absolute atomic E-state index is 12.3. The quantitative estimate of drug-likeness (QED) is 0.214. The summed E-state index contributed by atoms with van der Waals surface area (Å²) in [5.74, 6) is 0. The van der Waals surface area contributed by atoms with Crippen molar-refractivity contribution in [3.63, 3.8) is 0 Å². The average molecular weight is 424 g/mol. The summed E-state index contributed by atoms with van der Waals surface area (Å²) in [6.07, 6.45) is 19.4. The van der Waals surface area contributed by atoms with Crippen molar-refractivity contribution in [3.05, 3.63) is 24.3 Å². The van der Waals surface area contributed by atoms with Crippen molar-refractivity contribution in [2.45, 2.75) is 102 Å². The first-order valence-electron chi connectivity index (χ1n) is 11.3. The van der Waals surface area contributed by atoms with Crippen molar-refractivity contribution in [2.24, 2.45) is 0 Å². The van der Waals surface area contributed by atoms with Crippen molar-refractivity contribution in [3.8, 4) is 0 Å².